The van der Waals surface area contributed by atoms with Crippen LogP contribution in [0.25, 0.3) is 0 Å². The molecule has 0 fully saturated rings. The Morgan fingerprint density at radius 2 is 1.30 bits per heavy atom. The molecule has 0 amide bonds. The summed E-state index contributed by atoms with van der Waals surface area (Å²) in [4.78, 5) is 0.233. The predicted octanol–water partition coefficient (Wildman–Crippen LogP) is 4.40. The Hall–Kier alpha value is -2.47. The molecule has 0 saturated heterocycles. The minimum Gasteiger partial charge on any atom is -0.375 e. The summed E-state index contributed by atoms with van der Waals surface area (Å²) in [6.45, 7) is 1.92. The lowest BCUT2D eigenvalue weighted by molar-refractivity contribution is 0.0749. The van der Waals surface area contributed by atoms with Crippen LogP contribution in [-0.4, -0.2) is 15.5 Å². The normalized spacial score (nSPS) is 13.9. The van der Waals surface area contributed by atoms with E-state index >= 15 is 0 Å². The Morgan fingerprint density at radius 1 is 0.778 bits per heavy atom. The summed E-state index contributed by atoms with van der Waals surface area (Å²) in [5.41, 5.74) is 2.75. The third kappa shape index (κ3) is 4.63. The number of aryl methyl sites for hydroxylation is 1. The van der Waals surface area contributed by atoms with Gasteiger partial charge in [0.1, 0.15) is 6.10 Å². The molecule has 3 aromatic carbocycles. The monoisotopic (exact) mass is 381 g/mol. The standard InChI is InChI=1S/C22H23NO3S/c1-17-13-15-20(16-14-17)27(24,25)23-21(18-9-5-3-6-10-18)22(26-2)19-11-7-4-8-12-19/h3-16,21-23H,1-2H3. The molecule has 3 rings (SSSR count). The minimum absolute atomic E-state index is 0.233. The lowest BCUT2D eigenvalue weighted by atomic mass is 9.96. The first-order valence-electron chi connectivity index (χ1n) is 8.73. The van der Waals surface area contributed by atoms with Crippen LogP contribution in [0.3, 0.4) is 0 Å². The van der Waals surface area contributed by atoms with Crippen molar-refractivity contribution in [1.82, 2.24) is 4.72 Å². The van der Waals surface area contributed by atoms with Gasteiger partial charge in [-0.15, -0.1) is 0 Å². The summed E-state index contributed by atoms with van der Waals surface area (Å²) in [5, 5.41) is 0. The van der Waals surface area contributed by atoms with Gasteiger partial charge >= 0.3 is 0 Å². The first-order valence-corrected chi connectivity index (χ1v) is 10.2. The quantitative estimate of drug-likeness (QED) is 0.660. The zero-order valence-electron chi connectivity index (χ0n) is 15.4. The van der Waals surface area contributed by atoms with Gasteiger partial charge in [0.25, 0.3) is 0 Å². The van der Waals surface area contributed by atoms with Crippen LogP contribution < -0.4 is 4.72 Å². The molecule has 140 valence electrons. The van der Waals surface area contributed by atoms with Gasteiger partial charge in [0.2, 0.25) is 10.0 Å². The lowest BCUT2D eigenvalue weighted by Gasteiger charge is -2.27. The van der Waals surface area contributed by atoms with E-state index in [1.54, 1.807) is 31.4 Å². The van der Waals surface area contributed by atoms with Gasteiger partial charge in [-0.2, -0.15) is 0 Å². The summed E-state index contributed by atoms with van der Waals surface area (Å²) in [5.74, 6) is 0. The molecule has 1 N–H and O–H groups in total. The van der Waals surface area contributed by atoms with E-state index in [0.717, 1.165) is 16.7 Å². The highest BCUT2D eigenvalue weighted by Gasteiger charge is 2.29. The predicted molar refractivity (Wildman–Crippen MR) is 107 cm³/mol. The van der Waals surface area contributed by atoms with Gasteiger partial charge in [-0.05, 0) is 30.2 Å². The second kappa shape index (κ2) is 8.48. The third-order valence-corrected chi connectivity index (χ3v) is 5.91. The minimum atomic E-state index is -3.72. The van der Waals surface area contributed by atoms with Crippen molar-refractivity contribution in [2.75, 3.05) is 7.11 Å². The second-order valence-electron chi connectivity index (χ2n) is 6.39. The SMILES string of the molecule is COC(c1ccccc1)C(NS(=O)(=O)c1ccc(C)cc1)c1ccccc1. The molecule has 0 aliphatic carbocycles. The molecule has 0 aromatic heterocycles. The van der Waals surface area contributed by atoms with Gasteiger partial charge in [0.15, 0.2) is 0 Å². The van der Waals surface area contributed by atoms with Crippen LogP contribution in [0.15, 0.2) is 89.8 Å². The average molecular weight is 381 g/mol. The topological polar surface area (TPSA) is 55.4 Å². The van der Waals surface area contributed by atoms with Crippen LogP contribution in [0.4, 0.5) is 0 Å². The molecule has 5 heteroatoms. The molecule has 0 heterocycles. The highest BCUT2D eigenvalue weighted by molar-refractivity contribution is 7.89. The van der Waals surface area contributed by atoms with Gasteiger partial charge < -0.3 is 4.74 Å². The van der Waals surface area contributed by atoms with Crippen LogP contribution in [0.1, 0.15) is 28.8 Å². The number of rotatable bonds is 7. The fraction of sp³-hybridized carbons (Fsp3) is 0.182. The maximum atomic E-state index is 13.0. The largest absolute Gasteiger partial charge is 0.375 e. The average Bonchev–Trinajstić information content (AvgIpc) is 2.69. The van der Waals surface area contributed by atoms with Gasteiger partial charge in [-0.25, -0.2) is 13.1 Å². The Balaban J connectivity index is 2.01. The van der Waals surface area contributed by atoms with Crippen molar-refractivity contribution in [3.05, 3.63) is 102 Å². The molecule has 0 saturated carbocycles. The molecule has 0 aliphatic rings. The van der Waals surface area contributed by atoms with Crippen molar-refractivity contribution in [2.45, 2.75) is 24.0 Å². The molecule has 4 nitrogen and oxygen atoms in total. The number of hydrogen-bond acceptors (Lipinski definition) is 3. The van der Waals surface area contributed by atoms with Gasteiger partial charge in [-0.3, -0.25) is 0 Å². The molecule has 3 aromatic rings. The highest BCUT2D eigenvalue weighted by Crippen LogP contribution is 2.33. The first kappa shape index (κ1) is 19.3. The molecule has 0 radical (unpaired) electrons. The summed E-state index contributed by atoms with van der Waals surface area (Å²) in [6, 6.07) is 25.3. The Morgan fingerprint density at radius 3 is 1.81 bits per heavy atom. The van der Waals surface area contributed by atoms with Crippen molar-refractivity contribution in [3.63, 3.8) is 0 Å². The van der Waals surface area contributed by atoms with Gasteiger partial charge in [0.05, 0.1) is 10.9 Å². The molecule has 2 unspecified atom stereocenters. The Bertz CT molecular complexity index is 955. The number of methoxy groups -OCH3 is 1. The molecule has 0 aliphatic heterocycles. The number of nitrogens with one attached hydrogen (secondary N) is 1. The van der Waals surface area contributed by atoms with Crippen LogP contribution in [-0.2, 0) is 14.8 Å². The van der Waals surface area contributed by atoms with Crippen molar-refractivity contribution >= 4 is 10.0 Å². The maximum absolute atomic E-state index is 13.0. The zero-order chi connectivity index (χ0) is 19.3. The fourth-order valence-corrected chi connectivity index (χ4v) is 4.25. The lowest BCUT2D eigenvalue weighted by Crippen LogP contribution is -2.33. The molecule has 27 heavy (non-hydrogen) atoms. The van der Waals surface area contributed by atoms with E-state index in [-0.39, 0.29) is 4.90 Å². The zero-order valence-corrected chi connectivity index (χ0v) is 16.2. The summed E-state index contributed by atoms with van der Waals surface area (Å²) < 4.78 is 34.6. The highest BCUT2D eigenvalue weighted by atomic mass is 32.2. The van der Waals surface area contributed by atoms with Crippen molar-refractivity contribution in [1.29, 1.82) is 0 Å². The van der Waals surface area contributed by atoms with E-state index in [4.69, 9.17) is 4.74 Å². The molecule has 0 bridgehead atoms. The summed E-state index contributed by atoms with van der Waals surface area (Å²) in [6.07, 6.45) is -0.464. The molecular formula is C22H23NO3S. The van der Waals surface area contributed by atoms with Crippen LogP contribution in [0, 0.1) is 6.92 Å². The Labute approximate surface area is 160 Å². The summed E-state index contributed by atoms with van der Waals surface area (Å²) in [7, 11) is -2.13. The summed E-state index contributed by atoms with van der Waals surface area (Å²) >= 11 is 0. The van der Waals surface area contributed by atoms with E-state index in [1.165, 1.54) is 0 Å². The third-order valence-electron chi connectivity index (χ3n) is 4.46. The maximum Gasteiger partial charge on any atom is 0.241 e. The van der Waals surface area contributed by atoms with Crippen LogP contribution >= 0.6 is 0 Å². The first-order chi connectivity index (χ1) is 13.0. The van der Waals surface area contributed by atoms with Crippen molar-refractivity contribution in [2.24, 2.45) is 0 Å². The van der Waals surface area contributed by atoms with E-state index in [0.29, 0.717) is 0 Å². The van der Waals surface area contributed by atoms with E-state index in [1.807, 2.05) is 67.6 Å². The van der Waals surface area contributed by atoms with Crippen molar-refractivity contribution in [3.8, 4) is 0 Å². The Kier molecular flexibility index (Phi) is 6.06. The molecule has 2 atom stereocenters. The van der Waals surface area contributed by atoms with E-state index in [2.05, 4.69) is 4.72 Å². The van der Waals surface area contributed by atoms with Crippen molar-refractivity contribution < 1.29 is 13.2 Å². The van der Waals surface area contributed by atoms with E-state index < -0.39 is 22.2 Å². The molecule has 0 spiro atoms. The molecular weight excluding hydrogens is 358 g/mol. The number of sulfonamides is 1. The fourth-order valence-electron chi connectivity index (χ4n) is 3.02. The second-order valence-corrected chi connectivity index (χ2v) is 8.10. The van der Waals surface area contributed by atoms with E-state index in [9.17, 15) is 8.42 Å². The number of benzene rings is 3. The number of ether oxygens (including phenoxy) is 1. The number of hydrogen-bond donors (Lipinski definition) is 1. The van der Waals surface area contributed by atoms with Gasteiger partial charge in [-0.1, -0.05) is 78.4 Å². The van der Waals surface area contributed by atoms with Crippen LogP contribution in [0.5, 0.6) is 0 Å². The van der Waals surface area contributed by atoms with Crippen LogP contribution in [0.2, 0.25) is 0 Å². The smallest absolute Gasteiger partial charge is 0.241 e. The van der Waals surface area contributed by atoms with Gasteiger partial charge in [0, 0.05) is 7.11 Å².